The maximum atomic E-state index is 13.3. The van der Waals surface area contributed by atoms with Crippen molar-refractivity contribution in [3.63, 3.8) is 0 Å². The Hall–Kier alpha value is -4.03. The van der Waals surface area contributed by atoms with Crippen LogP contribution in [0.25, 0.3) is 10.1 Å². The van der Waals surface area contributed by atoms with E-state index in [0.29, 0.717) is 31.0 Å². The molecule has 194 valence electrons. The highest BCUT2D eigenvalue weighted by Gasteiger charge is 2.31. The number of thiophene rings is 1. The number of nitrogen functional groups attached to an aromatic ring is 1. The Morgan fingerprint density at radius 3 is 2.82 bits per heavy atom. The molecule has 1 aliphatic heterocycles. The van der Waals surface area contributed by atoms with E-state index < -0.39 is 12.1 Å². The minimum atomic E-state index is -0.658. The van der Waals surface area contributed by atoms with E-state index in [1.165, 1.54) is 22.1 Å². The molecule has 38 heavy (non-hydrogen) atoms. The number of amides is 1. The number of pyridine rings is 1. The molecule has 0 radical (unpaired) electrons. The number of nitrogens with zero attached hydrogens (tertiary/aromatic N) is 3. The molecule has 4 heterocycles. The molecule has 6 N–H and O–H groups in total. The lowest BCUT2D eigenvalue weighted by Crippen LogP contribution is -2.37. The van der Waals surface area contributed by atoms with Crippen molar-refractivity contribution in [2.24, 2.45) is 0 Å². The molecular formula is C26H26N8O2S2. The Morgan fingerprint density at radius 2 is 2.03 bits per heavy atom. The van der Waals surface area contributed by atoms with Gasteiger partial charge in [0, 0.05) is 33.1 Å². The lowest BCUT2D eigenvalue weighted by molar-refractivity contribution is -0.124. The molecule has 2 unspecified atom stereocenters. The summed E-state index contributed by atoms with van der Waals surface area (Å²) in [5, 5.41) is 24.1. The maximum Gasteiger partial charge on any atom is 0.277 e. The zero-order valence-electron chi connectivity index (χ0n) is 20.5. The number of rotatable bonds is 7. The predicted octanol–water partition coefficient (Wildman–Crippen LogP) is 3.78. The third kappa shape index (κ3) is 5.31. The first-order valence-corrected chi connectivity index (χ1v) is 13.6. The van der Waals surface area contributed by atoms with Crippen molar-refractivity contribution in [1.82, 2.24) is 19.9 Å². The Balaban J connectivity index is 1.25. The van der Waals surface area contributed by atoms with Gasteiger partial charge in [-0.2, -0.15) is 0 Å². The van der Waals surface area contributed by atoms with Crippen LogP contribution in [-0.2, 0) is 17.8 Å². The molecule has 1 aliphatic rings. The normalized spacial score (nSPS) is 15.1. The number of anilines is 2. The molecule has 0 saturated carbocycles. The largest absolute Gasteiger partial charge is 0.384 e. The predicted molar refractivity (Wildman–Crippen MR) is 153 cm³/mol. The molecule has 0 fully saturated rings. The number of fused-ring (bicyclic) bond motifs is 2. The third-order valence-corrected chi connectivity index (χ3v) is 8.36. The van der Waals surface area contributed by atoms with Crippen LogP contribution in [0.1, 0.15) is 35.7 Å². The fourth-order valence-corrected chi connectivity index (χ4v) is 6.01. The van der Waals surface area contributed by atoms with Crippen LogP contribution in [0.3, 0.4) is 0 Å². The van der Waals surface area contributed by atoms with Gasteiger partial charge in [0.15, 0.2) is 0 Å². The van der Waals surface area contributed by atoms with E-state index in [4.69, 9.17) is 16.6 Å². The van der Waals surface area contributed by atoms with Crippen molar-refractivity contribution in [2.75, 3.05) is 11.1 Å². The maximum absolute atomic E-state index is 13.3. The molecule has 2 atom stereocenters. The zero-order valence-corrected chi connectivity index (χ0v) is 22.2. The van der Waals surface area contributed by atoms with Gasteiger partial charge in [0.25, 0.3) is 5.56 Å². The van der Waals surface area contributed by atoms with Crippen LogP contribution in [-0.4, -0.2) is 36.6 Å². The number of carbonyl (C=O) groups excluding carboxylic acids is 1. The van der Waals surface area contributed by atoms with Crippen LogP contribution in [0.4, 0.5) is 11.5 Å². The van der Waals surface area contributed by atoms with Crippen molar-refractivity contribution in [1.29, 1.82) is 10.8 Å². The van der Waals surface area contributed by atoms with Gasteiger partial charge in [0.2, 0.25) is 5.91 Å². The topological polar surface area (TPSA) is 163 Å². The van der Waals surface area contributed by atoms with Crippen LogP contribution >= 0.6 is 23.1 Å². The number of aromatic nitrogens is 3. The van der Waals surface area contributed by atoms with Crippen molar-refractivity contribution in [3.05, 3.63) is 81.5 Å². The van der Waals surface area contributed by atoms with Gasteiger partial charge in [-0.05, 0) is 25.5 Å². The summed E-state index contributed by atoms with van der Waals surface area (Å²) in [6, 6.07) is 11.8. The van der Waals surface area contributed by atoms with E-state index in [9.17, 15) is 9.59 Å². The average molecular weight is 547 g/mol. The molecule has 10 nitrogen and oxygen atoms in total. The van der Waals surface area contributed by atoms with Crippen LogP contribution in [0.15, 0.2) is 59.7 Å². The van der Waals surface area contributed by atoms with Crippen molar-refractivity contribution in [3.8, 4) is 0 Å². The van der Waals surface area contributed by atoms with E-state index in [1.807, 2.05) is 42.5 Å². The first-order chi connectivity index (χ1) is 18.3. The quantitative estimate of drug-likeness (QED) is 0.174. The van der Waals surface area contributed by atoms with Crippen molar-refractivity contribution >= 4 is 60.7 Å². The summed E-state index contributed by atoms with van der Waals surface area (Å²) >= 11 is 2.56. The number of aryl methyl sites for hydroxylation is 1. The van der Waals surface area contributed by atoms with E-state index >= 15 is 0 Å². The standard InChI is InChI=1S/C26H26N8O2S2/c1-14(23(28)38-24(29)15-5-3-2-4-6-15)33-18-13-31-22-8-7-19(34(22)26(18)36)25(35)32-12-17-9-16-11-30-21(27)10-20(16)37-17/h2-6,9-11,13-14,19,28-29,33H,7-8,12H2,1H3,(H2,27,30)(H,32,35). The van der Waals surface area contributed by atoms with Crippen molar-refractivity contribution < 1.29 is 4.79 Å². The Labute approximate surface area is 226 Å². The molecular weight excluding hydrogens is 520 g/mol. The molecule has 12 heteroatoms. The zero-order chi connectivity index (χ0) is 26.8. The van der Waals surface area contributed by atoms with Gasteiger partial charge in [-0.1, -0.05) is 42.1 Å². The second-order valence-electron chi connectivity index (χ2n) is 8.92. The Kier molecular flexibility index (Phi) is 7.25. The minimum Gasteiger partial charge on any atom is -0.384 e. The first kappa shape index (κ1) is 25.6. The van der Waals surface area contributed by atoms with Gasteiger partial charge in [0.1, 0.15) is 28.4 Å². The minimum absolute atomic E-state index is 0.193. The molecule has 3 aromatic heterocycles. The second-order valence-corrected chi connectivity index (χ2v) is 11.1. The number of thioether (sulfide) groups is 1. The third-order valence-electron chi connectivity index (χ3n) is 6.25. The molecule has 0 spiro atoms. The number of nitrogens with one attached hydrogen (secondary N) is 4. The lowest BCUT2D eigenvalue weighted by Gasteiger charge is -2.18. The number of hydrogen-bond acceptors (Lipinski definition) is 10. The summed E-state index contributed by atoms with van der Waals surface area (Å²) in [7, 11) is 0. The van der Waals surface area contributed by atoms with Gasteiger partial charge < -0.3 is 16.4 Å². The second kappa shape index (κ2) is 10.8. The fraction of sp³-hybridized carbons (Fsp3) is 0.231. The highest BCUT2D eigenvalue weighted by atomic mass is 32.2. The van der Waals surface area contributed by atoms with Gasteiger partial charge in [-0.25, -0.2) is 9.97 Å². The summed E-state index contributed by atoms with van der Waals surface area (Å²) in [4.78, 5) is 35.9. The van der Waals surface area contributed by atoms with Gasteiger partial charge in [0.05, 0.1) is 23.8 Å². The van der Waals surface area contributed by atoms with Gasteiger partial charge >= 0.3 is 0 Å². The number of benzene rings is 1. The summed E-state index contributed by atoms with van der Waals surface area (Å²) in [5.41, 5.74) is 6.35. The van der Waals surface area contributed by atoms with Crippen molar-refractivity contribution in [2.45, 2.75) is 38.4 Å². The van der Waals surface area contributed by atoms with Gasteiger partial charge in [-0.3, -0.25) is 25.0 Å². The number of carbonyl (C=O) groups is 1. The van der Waals surface area contributed by atoms with E-state index in [2.05, 4.69) is 20.6 Å². The molecule has 0 aliphatic carbocycles. The molecule has 0 bridgehead atoms. The average Bonchev–Trinajstić information content (AvgIpc) is 3.53. The summed E-state index contributed by atoms with van der Waals surface area (Å²) in [6.07, 6.45) is 4.18. The van der Waals surface area contributed by atoms with Crippen LogP contribution < -0.4 is 21.9 Å². The summed E-state index contributed by atoms with van der Waals surface area (Å²) in [6.45, 7) is 2.09. The van der Waals surface area contributed by atoms with E-state index in [-0.39, 0.29) is 27.2 Å². The molecule has 4 aromatic rings. The molecule has 1 amide bonds. The smallest absolute Gasteiger partial charge is 0.277 e. The molecule has 0 saturated heterocycles. The Bertz CT molecular complexity index is 1600. The first-order valence-electron chi connectivity index (χ1n) is 12.0. The SMILES string of the molecule is CC(Nc1cnc2n(c1=O)C(C(=O)NCc1cc3cnc(N)cc3s1)CC2)C(=N)SC(=N)c1ccccc1. The molecule has 5 rings (SSSR count). The monoisotopic (exact) mass is 546 g/mol. The van der Waals surface area contributed by atoms with Crippen LogP contribution in [0.2, 0.25) is 0 Å². The summed E-state index contributed by atoms with van der Waals surface area (Å²) < 4.78 is 2.45. The van der Waals surface area contributed by atoms with E-state index in [1.54, 1.807) is 13.1 Å². The highest BCUT2D eigenvalue weighted by Crippen LogP contribution is 2.27. The van der Waals surface area contributed by atoms with Crippen LogP contribution in [0, 0.1) is 10.8 Å². The summed E-state index contributed by atoms with van der Waals surface area (Å²) in [5.74, 6) is 0.769. The number of nitrogens with two attached hydrogens (primary N) is 1. The highest BCUT2D eigenvalue weighted by molar-refractivity contribution is 8.26. The number of hydrogen-bond donors (Lipinski definition) is 5. The van der Waals surface area contributed by atoms with E-state index in [0.717, 1.165) is 32.3 Å². The Morgan fingerprint density at radius 1 is 1.24 bits per heavy atom. The lowest BCUT2D eigenvalue weighted by atomic mass is 10.2. The fourth-order valence-electron chi connectivity index (χ4n) is 4.28. The molecule has 1 aromatic carbocycles. The van der Waals surface area contributed by atoms with Gasteiger partial charge in [-0.15, -0.1) is 11.3 Å². The van der Waals surface area contributed by atoms with Crippen LogP contribution in [0.5, 0.6) is 0 Å².